The summed E-state index contributed by atoms with van der Waals surface area (Å²) in [6.45, 7) is -6.18. The summed E-state index contributed by atoms with van der Waals surface area (Å²) in [6, 6.07) is 2.00. The number of anilines is 2. The number of fused-ring (bicyclic) bond motifs is 1. The molecule has 1 fully saturated rings. The molecular formula is C19H27N5O4. The molecule has 0 bridgehead atoms. The van der Waals surface area contributed by atoms with Crippen LogP contribution in [0.2, 0.25) is 0 Å². The number of hydrogen-bond donors (Lipinski definition) is 2. The second-order valence-electron chi connectivity index (χ2n) is 5.84. The molecule has 3 N–H and O–H groups in total. The van der Waals surface area contributed by atoms with Gasteiger partial charge < -0.3 is 30.2 Å². The van der Waals surface area contributed by atoms with Gasteiger partial charge in [-0.2, -0.15) is 4.98 Å². The van der Waals surface area contributed by atoms with Crippen LogP contribution in [0.3, 0.4) is 0 Å². The van der Waals surface area contributed by atoms with Gasteiger partial charge in [-0.25, -0.2) is 4.98 Å². The molecule has 0 saturated carbocycles. The minimum Gasteiger partial charge on any atom is -0.493 e. The Balaban J connectivity index is 2.02. The van der Waals surface area contributed by atoms with E-state index in [4.69, 9.17) is 36.4 Å². The smallest absolute Gasteiger partial charge is 0.249 e. The third-order valence-electron chi connectivity index (χ3n) is 3.99. The van der Waals surface area contributed by atoms with Crippen LogP contribution in [0, 0.1) is 0 Å². The van der Waals surface area contributed by atoms with E-state index < -0.39 is 62.9 Å². The van der Waals surface area contributed by atoms with E-state index in [0.29, 0.717) is 17.7 Å². The van der Waals surface area contributed by atoms with Crippen LogP contribution < -0.4 is 25.4 Å². The Bertz CT molecular complexity index is 1260. The fourth-order valence-electron chi connectivity index (χ4n) is 2.58. The molecule has 1 saturated heterocycles. The molecule has 2 heterocycles. The Kier molecular flexibility index (Phi) is 3.06. The number of nitrogen functional groups attached to an aromatic ring is 1. The molecule has 152 valence electrons. The van der Waals surface area contributed by atoms with Gasteiger partial charge in [-0.3, -0.25) is 4.79 Å². The van der Waals surface area contributed by atoms with Gasteiger partial charge in [0.25, 0.3) is 0 Å². The van der Waals surface area contributed by atoms with Gasteiger partial charge >= 0.3 is 0 Å². The molecule has 28 heavy (non-hydrogen) atoms. The van der Waals surface area contributed by atoms with Crippen molar-refractivity contribution in [3.8, 4) is 11.5 Å². The van der Waals surface area contributed by atoms with Crippen LogP contribution in [0.25, 0.3) is 10.9 Å². The number of hydrogen-bond acceptors (Lipinski definition) is 8. The quantitative estimate of drug-likeness (QED) is 0.682. The number of carbonyl (C=O) groups is 1. The van der Waals surface area contributed by atoms with Crippen molar-refractivity contribution in [2.24, 2.45) is 0 Å². The highest BCUT2D eigenvalue weighted by atomic mass is 16.5. The number of nitrogens with zero attached hydrogens (tertiary/aromatic N) is 3. The number of aromatic nitrogens is 2. The highest BCUT2D eigenvalue weighted by Crippen LogP contribution is 2.33. The number of carbonyl (C=O) groups excluding carboxylic acids is 1. The molecule has 1 aliphatic rings. The lowest BCUT2D eigenvalue weighted by molar-refractivity contribution is -0.130. The largest absolute Gasteiger partial charge is 0.493 e. The van der Waals surface area contributed by atoms with E-state index in [1.165, 1.54) is 0 Å². The topological polar surface area (TPSA) is 112 Å². The van der Waals surface area contributed by atoms with E-state index in [1.807, 2.05) is 5.32 Å². The summed E-state index contributed by atoms with van der Waals surface area (Å²) in [5.41, 5.74) is 5.84. The van der Waals surface area contributed by atoms with Gasteiger partial charge in [-0.1, -0.05) is 0 Å². The molecule has 1 atom stereocenters. The summed E-state index contributed by atoms with van der Waals surface area (Å²) in [6.07, 6.45) is -3.55. The minimum atomic E-state index is -3.41. The minimum absolute atomic E-state index is 0.0305. The zero-order valence-electron chi connectivity index (χ0n) is 26.9. The summed E-state index contributed by atoms with van der Waals surface area (Å²) in [5.74, 6) is -2.91. The van der Waals surface area contributed by atoms with Crippen molar-refractivity contribution in [2.45, 2.75) is 25.3 Å². The summed E-state index contributed by atoms with van der Waals surface area (Å²) in [5, 5.41) is 1.85. The van der Waals surface area contributed by atoms with Crippen LogP contribution >= 0.6 is 0 Å². The Morgan fingerprint density at radius 1 is 1.43 bits per heavy atom. The third kappa shape index (κ3) is 4.36. The standard InChI is InChI=1S/C19H27N5O4/c1-24(8-5-7-21-18(25)14-6-4-9-28-14)19-22-13-11-16(27-3)15(26-2)10-12(13)17(20)23-19/h10-11,14H,4-9H2,1-3H3,(H,21,25)(H2,20,22,23)/i2D3,3D3,5D2,7D2,8D2. The summed E-state index contributed by atoms with van der Waals surface area (Å²) < 4.78 is 109. The molecule has 1 aliphatic heterocycles. The fourth-order valence-corrected chi connectivity index (χ4v) is 2.58. The fraction of sp³-hybridized carbons (Fsp3) is 0.526. The van der Waals surface area contributed by atoms with Crippen molar-refractivity contribution < 1.29 is 35.5 Å². The van der Waals surface area contributed by atoms with Gasteiger partial charge in [-0.05, 0) is 25.3 Å². The highest BCUT2D eigenvalue weighted by Gasteiger charge is 2.22. The van der Waals surface area contributed by atoms with Gasteiger partial charge in [0.05, 0.1) is 27.8 Å². The molecule has 1 amide bonds. The van der Waals surface area contributed by atoms with E-state index in [1.54, 1.807) is 0 Å². The van der Waals surface area contributed by atoms with Crippen LogP contribution in [0.1, 0.15) is 35.7 Å². The van der Waals surface area contributed by atoms with E-state index in [2.05, 4.69) is 9.97 Å². The molecule has 1 unspecified atom stereocenters. The number of nitrogens with two attached hydrogens (primary N) is 1. The van der Waals surface area contributed by atoms with Gasteiger partial charge in [0.1, 0.15) is 11.9 Å². The molecule has 2 aromatic rings. The van der Waals surface area contributed by atoms with Crippen molar-refractivity contribution in [1.29, 1.82) is 0 Å². The van der Waals surface area contributed by atoms with E-state index >= 15 is 0 Å². The monoisotopic (exact) mass is 401 g/mol. The number of amides is 1. The molecule has 0 spiro atoms. The van der Waals surface area contributed by atoms with Gasteiger partial charge in [0, 0.05) is 46.3 Å². The third-order valence-corrected chi connectivity index (χ3v) is 3.99. The van der Waals surface area contributed by atoms with E-state index in [-0.39, 0.29) is 23.3 Å². The lowest BCUT2D eigenvalue weighted by Crippen LogP contribution is -2.36. The molecular weight excluding hydrogens is 362 g/mol. The maximum absolute atomic E-state index is 12.4. The maximum Gasteiger partial charge on any atom is 0.249 e. The van der Waals surface area contributed by atoms with E-state index in [9.17, 15) is 4.79 Å². The summed E-state index contributed by atoms with van der Waals surface area (Å²) in [7, 11) is -5.00. The number of ether oxygens (including phenoxy) is 3. The predicted molar refractivity (Wildman–Crippen MR) is 107 cm³/mol. The van der Waals surface area contributed by atoms with Crippen LogP contribution in [-0.2, 0) is 9.53 Å². The molecule has 1 aromatic heterocycles. The number of methoxy groups -OCH3 is 2. The summed E-state index contributed by atoms with van der Waals surface area (Å²) in [4.78, 5) is 21.0. The average Bonchev–Trinajstić information content (AvgIpc) is 3.32. The number of rotatable bonds is 8. The zero-order valence-corrected chi connectivity index (χ0v) is 14.9. The van der Waals surface area contributed by atoms with Crippen molar-refractivity contribution in [1.82, 2.24) is 15.3 Å². The Morgan fingerprint density at radius 2 is 2.21 bits per heavy atom. The van der Waals surface area contributed by atoms with Crippen molar-refractivity contribution in [3.05, 3.63) is 12.1 Å². The molecule has 9 heteroatoms. The predicted octanol–water partition coefficient (Wildman–Crippen LogP) is 1.35. The first kappa shape index (κ1) is 9.60. The molecule has 9 nitrogen and oxygen atoms in total. The van der Waals surface area contributed by atoms with Crippen LogP contribution in [0.4, 0.5) is 11.8 Å². The van der Waals surface area contributed by atoms with Gasteiger partial charge in [0.2, 0.25) is 11.9 Å². The van der Waals surface area contributed by atoms with Crippen molar-refractivity contribution in [3.63, 3.8) is 0 Å². The first-order valence-corrected chi connectivity index (χ1v) is 8.22. The van der Waals surface area contributed by atoms with Crippen molar-refractivity contribution >= 4 is 28.6 Å². The molecule has 0 radical (unpaired) electrons. The molecule has 1 aromatic carbocycles. The van der Waals surface area contributed by atoms with Crippen molar-refractivity contribution in [2.75, 3.05) is 51.4 Å². The first-order chi connectivity index (χ1) is 18.1. The maximum atomic E-state index is 12.4. The van der Waals surface area contributed by atoms with Crippen LogP contribution in [0.15, 0.2) is 12.1 Å². The van der Waals surface area contributed by atoms with Gasteiger partial charge in [0.15, 0.2) is 11.5 Å². The second-order valence-corrected chi connectivity index (χ2v) is 5.84. The SMILES string of the molecule is [2H]C([2H])([2H])Oc1cc2nc(N(C)C([2H])([2H])C([2H])([2H])C([2H])([2H])NC(=O)C3CCCO3)nc(N)c2cc1OC([2H])([2H])[2H]. The highest BCUT2D eigenvalue weighted by molar-refractivity contribution is 5.91. The number of benzene rings is 1. The van der Waals surface area contributed by atoms with Crippen LogP contribution in [-0.4, -0.2) is 62.7 Å². The molecule has 0 aliphatic carbocycles. The second kappa shape index (κ2) is 8.92. The Labute approximate surface area is 181 Å². The van der Waals surface area contributed by atoms with E-state index in [0.717, 1.165) is 19.2 Å². The summed E-state index contributed by atoms with van der Waals surface area (Å²) >= 11 is 0. The normalized spacial score (nSPS) is 25.0. The first-order valence-electron chi connectivity index (χ1n) is 14.2. The molecule has 3 rings (SSSR count). The zero-order chi connectivity index (χ0) is 30.5. The number of nitrogens with one attached hydrogen (secondary N) is 1. The Hall–Kier alpha value is -2.81. The van der Waals surface area contributed by atoms with Crippen LogP contribution in [0.5, 0.6) is 11.5 Å². The lowest BCUT2D eigenvalue weighted by Gasteiger charge is -2.19. The lowest BCUT2D eigenvalue weighted by atomic mass is 10.2. The average molecular weight is 402 g/mol. The Morgan fingerprint density at radius 3 is 2.93 bits per heavy atom. The van der Waals surface area contributed by atoms with Gasteiger partial charge in [-0.15, -0.1) is 0 Å².